The predicted octanol–water partition coefficient (Wildman–Crippen LogP) is 1.43. The van der Waals surface area contributed by atoms with Crippen molar-refractivity contribution in [2.24, 2.45) is 11.7 Å². The number of rotatable bonds is 5. The lowest BCUT2D eigenvalue weighted by atomic mass is 10.1. The third kappa shape index (κ3) is 3.19. The lowest BCUT2D eigenvalue weighted by molar-refractivity contribution is 0.571. The third-order valence-electron chi connectivity index (χ3n) is 2.02. The van der Waals surface area contributed by atoms with E-state index in [-0.39, 0.29) is 0 Å². The van der Waals surface area contributed by atoms with Crippen LogP contribution in [0.25, 0.3) is 0 Å². The quantitative estimate of drug-likeness (QED) is 0.746. The van der Waals surface area contributed by atoms with Crippen LogP contribution in [0.15, 0.2) is 12.5 Å². The normalized spacial score (nSPS) is 11.1. The second-order valence-electron chi connectivity index (χ2n) is 3.82. The summed E-state index contributed by atoms with van der Waals surface area (Å²) in [5.41, 5.74) is 6.79. The number of nitrogens with two attached hydrogens (primary N) is 1. The van der Waals surface area contributed by atoms with Gasteiger partial charge >= 0.3 is 0 Å². The molecular weight excluding hydrogens is 162 g/mol. The van der Waals surface area contributed by atoms with Crippen molar-refractivity contribution in [1.82, 2.24) is 9.55 Å². The number of nitrogens with zero attached hydrogens (tertiary/aromatic N) is 2. The average Bonchev–Trinajstić information content (AvgIpc) is 2.48. The van der Waals surface area contributed by atoms with Crippen LogP contribution in [-0.4, -0.2) is 16.1 Å². The Morgan fingerprint density at radius 3 is 2.92 bits per heavy atom. The van der Waals surface area contributed by atoms with Gasteiger partial charge in [-0.15, -0.1) is 0 Å². The van der Waals surface area contributed by atoms with Crippen LogP contribution in [-0.2, 0) is 13.0 Å². The highest BCUT2D eigenvalue weighted by atomic mass is 15.0. The fourth-order valence-electron chi connectivity index (χ4n) is 1.40. The molecule has 0 saturated carbocycles. The summed E-state index contributed by atoms with van der Waals surface area (Å²) >= 11 is 0. The van der Waals surface area contributed by atoms with E-state index in [1.807, 2.05) is 12.5 Å². The van der Waals surface area contributed by atoms with Crippen LogP contribution in [0.2, 0.25) is 0 Å². The maximum Gasteiger partial charge on any atom is 0.0948 e. The van der Waals surface area contributed by atoms with Crippen molar-refractivity contribution < 1.29 is 0 Å². The number of aromatic nitrogens is 2. The van der Waals surface area contributed by atoms with Gasteiger partial charge in [-0.2, -0.15) is 0 Å². The van der Waals surface area contributed by atoms with Gasteiger partial charge in [-0.3, -0.25) is 0 Å². The Kier molecular flexibility index (Phi) is 3.96. The van der Waals surface area contributed by atoms with Crippen LogP contribution in [0.4, 0.5) is 0 Å². The maximum absolute atomic E-state index is 5.46. The Labute approximate surface area is 80.0 Å². The molecule has 0 aromatic carbocycles. The van der Waals surface area contributed by atoms with E-state index in [4.69, 9.17) is 5.73 Å². The SMILES string of the molecule is CC(C)Cc1cncn1CCCN. The van der Waals surface area contributed by atoms with Gasteiger partial charge in [-0.25, -0.2) is 4.98 Å². The molecule has 0 spiro atoms. The van der Waals surface area contributed by atoms with Crippen molar-refractivity contribution in [3.05, 3.63) is 18.2 Å². The number of imidazole rings is 1. The lowest BCUT2D eigenvalue weighted by Crippen LogP contribution is -2.08. The second-order valence-corrected chi connectivity index (χ2v) is 3.82. The fraction of sp³-hybridized carbons (Fsp3) is 0.700. The molecule has 1 rings (SSSR count). The Balaban J connectivity index is 2.55. The maximum atomic E-state index is 5.46. The minimum Gasteiger partial charge on any atom is -0.335 e. The minimum absolute atomic E-state index is 0.688. The van der Waals surface area contributed by atoms with Crippen molar-refractivity contribution in [3.8, 4) is 0 Å². The molecule has 0 atom stereocenters. The van der Waals surface area contributed by atoms with Gasteiger partial charge in [0, 0.05) is 18.4 Å². The summed E-state index contributed by atoms with van der Waals surface area (Å²) in [5.74, 6) is 0.688. The molecule has 0 unspecified atom stereocenters. The summed E-state index contributed by atoms with van der Waals surface area (Å²) in [5, 5.41) is 0. The Hall–Kier alpha value is -0.830. The number of hydrogen-bond acceptors (Lipinski definition) is 2. The van der Waals surface area contributed by atoms with E-state index in [0.717, 1.165) is 25.9 Å². The molecule has 0 aliphatic carbocycles. The van der Waals surface area contributed by atoms with Gasteiger partial charge in [-0.05, 0) is 25.3 Å². The van der Waals surface area contributed by atoms with Gasteiger partial charge in [0.25, 0.3) is 0 Å². The molecule has 1 aromatic heterocycles. The van der Waals surface area contributed by atoms with E-state index in [1.54, 1.807) is 0 Å². The molecule has 13 heavy (non-hydrogen) atoms. The summed E-state index contributed by atoms with van der Waals surface area (Å²) in [4.78, 5) is 4.15. The monoisotopic (exact) mass is 181 g/mol. The molecule has 0 radical (unpaired) electrons. The average molecular weight is 181 g/mol. The van der Waals surface area contributed by atoms with Crippen LogP contribution >= 0.6 is 0 Å². The van der Waals surface area contributed by atoms with Crippen molar-refractivity contribution in [2.45, 2.75) is 33.2 Å². The molecule has 0 aliphatic heterocycles. The standard InChI is InChI=1S/C10H19N3/c1-9(2)6-10-7-12-8-13(10)5-3-4-11/h7-9H,3-6,11H2,1-2H3. The first-order valence-electron chi connectivity index (χ1n) is 4.93. The van der Waals surface area contributed by atoms with Crippen LogP contribution < -0.4 is 5.73 Å². The minimum atomic E-state index is 0.688. The first-order chi connectivity index (χ1) is 6.24. The van der Waals surface area contributed by atoms with Crippen molar-refractivity contribution in [2.75, 3.05) is 6.54 Å². The lowest BCUT2D eigenvalue weighted by Gasteiger charge is -2.08. The first-order valence-corrected chi connectivity index (χ1v) is 4.93. The molecule has 1 aromatic rings. The van der Waals surface area contributed by atoms with E-state index < -0.39 is 0 Å². The smallest absolute Gasteiger partial charge is 0.0948 e. The van der Waals surface area contributed by atoms with Crippen molar-refractivity contribution in [1.29, 1.82) is 0 Å². The topological polar surface area (TPSA) is 43.8 Å². The zero-order valence-electron chi connectivity index (χ0n) is 8.53. The molecule has 0 fully saturated rings. The van der Waals surface area contributed by atoms with Gasteiger partial charge in [0.2, 0.25) is 0 Å². The van der Waals surface area contributed by atoms with Crippen molar-refractivity contribution in [3.63, 3.8) is 0 Å². The molecule has 0 bridgehead atoms. The van der Waals surface area contributed by atoms with Gasteiger partial charge < -0.3 is 10.3 Å². The molecule has 3 nitrogen and oxygen atoms in total. The molecule has 0 aliphatic rings. The zero-order valence-corrected chi connectivity index (χ0v) is 8.53. The summed E-state index contributed by atoms with van der Waals surface area (Å²) in [6.45, 7) is 6.19. The Morgan fingerprint density at radius 1 is 1.54 bits per heavy atom. The molecule has 3 heteroatoms. The van der Waals surface area contributed by atoms with E-state index in [1.165, 1.54) is 5.69 Å². The first kappa shape index (κ1) is 10.3. The highest BCUT2D eigenvalue weighted by Crippen LogP contribution is 2.07. The summed E-state index contributed by atoms with van der Waals surface area (Å²) in [6.07, 6.45) is 5.98. The summed E-state index contributed by atoms with van der Waals surface area (Å²) < 4.78 is 2.20. The second kappa shape index (κ2) is 5.02. The Morgan fingerprint density at radius 2 is 2.31 bits per heavy atom. The number of aryl methyl sites for hydroxylation is 1. The highest BCUT2D eigenvalue weighted by Gasteiger charge is 2.03. The van der Waals surface area contributed by atoms with Crippen LogP contribution in [0.1, 0.15) is 26.0 Å². The van der Waals surface area contributed by atoms with Crippen molar-refractivity contribution >= 4 is 0 Å². The molecule has 0 amide bonds. The molecular formula is C10H19N3. The molecule has 1 heterocycles. The Bertz CT molecular complexity index is 240. The zero-order chi connectivity index (χ0) is 9.68. The summed E-state index contributed by atoms with van der Waals surface area (Å²) in [7, 11) is 0. The van der Waals surface area contributed by atoms with Crippen LogP contribution in [0.3, 0.4) is 0 Å². The largest absolute Gasteiger partial charge is 0.335 e. The van der Waals surface area contributed by atoms with Gasteiger partial charge in [0.05, 0.1) is 6.33 Å². The van der Waals surface area contributed by atoms with Gasteiger partial charge in [0.15, 0.2) is 0 Å². The van der Waals surface area contributed by atoms with Gasteiger partial charge in [0.1, 0.15) is 0 Å². The van der Waals surface area contributed by atoms with Gasteiger partial charge in [-0.1, -0.05) is 13.8 Å². The van der Waals surface area contributed by atoms with E-state index >= 15 is 0 Å². The van der Waals surface area contributed by atoms with Crippen LogP contribution in [0.5, 0.6) is 0 Å². The highest BCUT2D eigenvalue weighted by molar-refractivity contribution is 4.99. The molecule has 74 valence electrons. The van der Waals surface area contributed by atoms with E-state index in [9.17, 15) is 0 Å². The molecule has 2 N–H and O–H groups in total. The predicted molar refractivity (Wildman–Crippen MR) is 54.4 cm³/mol. The fourth-order valence-corrected chi connectivity index (χ4v) is 1.40. The summed E-state index contributed by atoms with van der Waals surface area (Å²) in [6, 6.07) is 0. The van der Waals surface area contributed by atoms with E-state index in [2.05, 4.69) is 23.4 Å². The van der Waals surface area contributed by atoms with Crippen LogP contribution in [0, 0.1) is 5.92 Å². The third-order valence-corrected chi connectivity index (χ3v) is 2.02. The number of hydrogen-bond donors (Lipinski definition) is 1. The molecule has 0 saturated heterocycles. The van der Waals surface area contributed by atoms with E-state index in [0.29, 0.717) is 5.92 Å².